The molecule has 0 saturated carbocycles. The van der Waals surface area contributed by atoms with Crippen LogP contribution in [0.1, 0.15) is 232 Å². The van der Waals surface area contributed by atoms with E-state index < -0.39 is 61.5 Å². The average Bonchev–Trinajstić information content (AvgIpc) is 3.31. The number of nitrogens with one attached hydrogen (secondary N) is 1. The average molecular weight is 920 g/mol. The number of amides is 1. The van der Waals surface area contributed by atoms with Gasteiger partial charge in [0, 0.05) is 0 Å². The fourth-order valence-corrected chi connectivity index (χ4v) is 8.31. The summed E-state index contributed by atoms with van der Waals surface area (Å²) in [6.07, 6.45) is 47.8. The first-order chi connectivity index (χ1) is 31.8. The molecule has 0 spiro atoms. The predicted molar refractivity (Wildman–Crippen MR) is 269 cm³/mol. The Kier molecular flexibility index (Phi) is 41.9. The van der Waals surface area contributed by atoms with Crippen LogP contribution in [0, 0.1) is 0 Å². The Morgan fingerprint density at radius 2 is 0.908 bits per heavy atom. The maximum Gasteiger partial charge on any atom is 0.249 e. The number of hydrogen-bond acceptors (Lipinski definition) is 9. The quantitative estimate of drug-likeness (QED) is 0.0232. The van der Waals surface area contributed by atoms with Crippen molar-refractivity contribution in [1.29, 1.82) is 0 Å². The fraction of sp³-hybridized carbons (Fsp3) is 0.836. The summed E-state index contributed by atoms with van der Waals surface area (Å²) in [6, 6.07) is -1.01. The topological polar surface area (TPSA) is 169 Å². The first-order valence-corrected chi connectivity index (χ1v) is 27.0. The molecule has 0 aromatic carbocycles. The van der Waals surface area contributed by atoms with Crippen LogP contribution in [0.25, 0.3) is 0 Å². The second kappa shape index (κ2) is 44.6. The van der Waals surface area contributed by atoms with Gasteiger partial charge in [-0.15, -0.1) is 0 Å². The second-order valence-corrected chi connectivity index (χ2v) is 18.8. The third-order valence-corrected chi connectivity index (χ3v) is 12.7. The monoisotopic (exact) mass is 920 g/mol. The molecule has 0 aromatic heterocycles. The van der Waals surface area contributed by atoms with E-state index in [-0.39, 0.29) is 6.61 Å². The third kappa shape index (κ3) is 34.1. The number of ether oxygens (including phenoxy) is 2. The van der Waals surface area contributed by atoms with E-state index in [0.29, 0.717) is 19.3 Å². The van der Waals surface area contributed by atoms with Gasteiger partial charge in [-0.05, 0) is 70.6 Å². The van der Waals surface area contributed by atoms with Gasteiger partial charge in [-0.3, -0.25) is 4.79 Å². The normalized spacial score (nSPS) is 20.8. The zero-order valence-electron chi connectivity index (χ0n) is 41.6. The summed E-state index contributed by atoms with van der Waals surface area (Å²) in [4.78, 5) is 13.1. The lowest BCUT2D eigenvalue weighted by atomic mass is 9.99. The molecule has 7 N–H and O–H groups in total. The largest absolute Gasteiger partial charge is 0.394 e. The van der Waals surface area contributed by atoms with E-state index in [1.54, 1.807) is 6.08 Å². The molecule has 10 nitrogen and oxygen atoms in total. The van der Waals surface area contributed by atoms with Crippen LogP contribution in [0.5, 0.6) is 0 Å². The molecule has 8 unspecified atom stereocenters. The van der Waals surface area contributed by atoms with Crippen LogP contribution in [-0.2, 0) is 14.3 Å². The highest BCUT2D eigenvalue weighted by Gasteiger charge is 2.44. The lowest BCUT2D eigenvalue weighted by molar-refractivity contribution is -0.302. The zero-order valence-corrected chi connectivity index (χ0v) is 41.6. The molecule has 1 aliphatic rings. The van der Waals surface area contributed by atoms with Gasteiger partial charge in [0.05, 0.1) is 25.4 Å². The SMILES string of the molecule is CCCCCCCC/C=C/CC/C=C/CC/C=C/C(O)C(COC1OC(CO)C(O)C(O)C1O)NC(=O)C(O)CCCCCCCCCC/C=C\CCCCCCCCCCCCCC. The Balaban J connectivity index is 2.32. The highest BCUT2D eigenvalue weighted by Crippen LogP contribution is 2.23. The summed E-state index contributed by atoms with van der Waals surface area (Å²) < 4.78 is 11.1. The Bertz CT molecular complexity index is 1180. The van der Waals surface area contributed by atoms with Gasteiger partial charge in [-0.1, -0.05) is 210 Å². The Morgan fingerprint density at radius 1 is 0.523 bits per heavy atom. The molecule has 0 aromatic rings. The molecule has 380 valence electrons. The number of carbonyl (C=O) groups is 1. The van der Waals surface area contributed by atoms with Gasteiger partial charge in [0.2, 0.25) is 5.91 Å². The highest BCUT2D eigenvalue weighted by atomic mass is 16.7. The number of rotatable bonds is 45. The third-order valence-electron chi connectivity index (χ3n) is 12.7. The molecule has 10 heteroatoms. The molecule has 0 bridgehead atoms. The van der Waals surface area contributed by atoms with Crippen molar-refractivity contribution in [1.82, 2.24) is 5.32 Å². The maximum absolute atomic E-state index is 13.1. The minimum atomic E-state index is -1.62. The van der Waals surface area contributed by atoms with Gasteiger partial charge >= 0.3 is 0 Å². The van der Waals surface area contributed by atoms with E-state index in [1.165, 1.54) is 154 Å². The first-order valence-electron chi connectivity index (χ1n) is 27.0. The van der Waals surface area contributed by atoms with Crippen LogP contribution in [-0.4, -0.2) is 98.7 Å². The van der Waals surface area contributed by atoms with E-state index in [4.69, 9.17) is 9.47 Å². The summed E-state index contributed by atoms with van der Waals surface area (Å²) in [5.41, 5.74) is 0. The van der Waals surface area contributed by atoms with Crippen LogP contribution in [0.15, 0.2) is 48.6 Å². The van der Waals surface area contributed by atoms with Crippen molar-refractivity contribution in [2.75, 3.05) is 13.2 Å². The number of allylic oxidation sites excluding steroid dienone is 7. The maximum atomic E-state index is 13.1. The van der Waals surface area contributed by atoms with Crippen LogP contribution >= 0.6 is 0 Å². The van der Waals surface area contributed by atoms with Crippen molar-refractivity contribution in [2.45, 2.75) is 281 Å². The number of unbranched alkanes of at least 4 members (excludes halogenated alkanes) is 28. The minimum Gasteiger partial charge on any atom is -0.394 e. The van der Waals surface area contributed by atoms with Gasteiger partial charge in [0.1, 0.15) is 30.5 Å². The molecule has 1 amide bonds. The molecule has 65 heavy (non-hydrogen) atoms. The summed E-state index contributed by atoms with van der Waals surface area (Å²) in [5, 5.41) is 64.9. The molecule has 1 rings (SSSR count). The molecule has 0 radical (unpaired) electrons. The van der Waals surface area contributed by atoms with Gasteiger partial charge in [-0.2, -0.15) is 0 Å². The molecular formula is C55H101NO9. The fourth-order valence-electron chi connectivity index (χ4n) is 8.31. The number of hydrogen-bond donors (Lipinski definition) is 7. The molecular weight excluding hydrogens is 819 g/mol. The first kappa shape index (κ1) is 61.1. The van der Waals surface area contributed by atoms with Crippen LogP contribution in [0.2, 0.25) is 0 Å². The lowest BCUT2D eigenvalue weighted by Gasteiger charge is -2.40. The van der Waals surface area contributed by atoms with Gasteiger partial charge in [0.25, 0.3) is 0 Å². The molecule has 1 aliphatic heterocycles. The summed E-state index contributed by atoms with van der Waals surface area (Å²) >= 11 is 0. The minimum absolute atomic E-state index is 0.297. The summed E-state index contributed by atoms with van der Waals surface area (Å²) in [7, 11) is 0. The van der Waals surface area contributed by atoms with Crippen LogP contribution in [0.4, 0.5) is 0 Å². The van der Waals surface area contributed by atoms with Gasteiger partial charge in [0.15, 0.2) is 6.29 Å². The van der Waals surface area contributed by atoms with E-state index in [9.17, 15) is 35.4 Å². The Hall–Kier alpha value is -1.89. The molecule has 1 fully saturated rings. The number of aliphatic hydroxyl groups excluding tert-OH is 6. The van der Waals surface area contributed by atoms with Crippen LogP contribution < -0.4 is 5.32 Å². The summed E-state index contributed by atoms with van der Waals surface area (Å²) in [6.45, 7) is 3.59. The highest BCUT2D eigenvalue weighted by molar-refractivity contribution is 5.80. The van der Waals surface area contributed by atoms with Crippen molar-refractivity contribution < 1.29 is 44.9 Å². The molecule has 1 saturated heterocycles. The standard InChI is InChI=1S/C55H101NO9/c1-3-5-7-9-11-13-15-17-19-21-22-23-24-25-26-27-28-30-32-34-36-38-40-42-44-49(59)54(63)56-47(46-64-55-53(62)52(61)51(60)50(45-57)65-55)48(58)43-41-39-37-35-33-31-29-20-18-16-14-12-10-8-6-4-2/h18,20,25-26,33,35,41,43,47-53,55,57-62H,3-17,19,21-24,27-32,34,36-40,42,44-46H2,1-2H3,(H,56,63)/b20-18+,26-25-,35-33+,43-41+. The molecule has 1 heterocycles. The van der Waals surface area contributed by atoms with Gasteiger partial charge in [-0.25, -0.2) is 0 Å². The molecule has 0 aliphatic carbocycles. The van der Waals surface area contributed by atoms with Crippen molar-refractivity contribution in [3.63, 3.8) is 0 Å². The van der Waals surface area contributed by atoms with E-state index in [0.717, 1.165) is 44.9 Å². The smallest absolute Gasteiger partial charge is 0.249 e. The Morgan fingerprint density at radius 3 is 1.34 bits per heavy atom. The van der Waals surface area contributed by atoms with Crippen LogP contribution in [0.3, 0.4) is 0 Å². The van der Waals surface area contributed by atoms with Gasteiger partial charge < -0.3 is 45.4 Å². The van der Waals surface area contributed by atoms with Crippen molar-refractivity contribution in [3.05, 3.63) is 48.6 Å². The molecule has 8 atom stereocenters. The van der Waals surface area contributed by atoms with E-state index >= 15 is 0 Å². The van der Waals surface area contributed by atoms with Crippen molar-refractivity contribution in [2.24, 2.45) is 0 Å². The Labute approximate surface area is 397 Å². The van der Waals surface area contributed by atoms with Crippen molar-refractivity contribution >= 4 is 5.91 Å². The zero-order chi connectivity index (χ0) is 47.4. The summed E-state index contributed by atoms with van der Waals surface area (Å²) in [5.74, 6) is -0.632. The van der Waals surface area contributed by atoms with E-state index in [2.05, 4.69) is 55.6 Å². The number of aliphatic hydroxyl groups is 6. The predicted octanol–water partition coefficient (Wildman–Crippen LogP) is 11.5. The lowest BCUT2D eigenvalue weighted by Crippen LogP contribution is -2.60. The second-order valence-electron chi connectivity index (χ2n) is 18.8. The number of carbonyl (C=O) groups excluding carboxylic acids is 1. The van der Waals surface area contributed by atoms with Crippen molar-refractivity contribution in [3.8, 4) is 0 Å². The van der Waals surface area contributed by atoms with E-state index in [1.807, 2.05) is 6.08 Å².